The third kappa shape index (κ3) is 8.23. The second kappa shape index (κ2) is 12.8. The molecule has 3 rings (SSSR count). The van der Waals surface area contributed by atoms with E-state index in [0.29, 0.717) is 61.4 Å². The molecule has 1 heterocycles. The maximum atomic E-state index is 13.1. The molecule has 1 amide bonds. The quantitative estimate of drug-likeness (QED) is 0.379. The van der Waals surface area contributed by atoms with Crippen LogP contribution in [0.25, 0.3) is 0 Å². The number of nitrogens with zero attached hydrogens (tertiary/aromatic N) is 3. The number of amides is 1. The van der Waals surface area contributed by atoms with Gasteiger partial charge in [-0.2, -0.15) is 4.37 Å². The predicted octanol–water partition coefficient (Wildman–Crippen LogP) is 4.78. The lowest BCUT2D eigenvalue weighted by Gasteiger charge is -2.20. The van der Waals surface area contributed by atoms with Crippen LogP contribution in [-0.2, 0) is 22.4 Å². The summed E-state index contributed by atoms with van der Waals surface area (Å²) in [4.78, 5) is 19.0. The first-order chi connectivity index (χ1) is 15.9. The van der Waals surface area contributed by atoms with Gasteiger partial charge in [0.1, 0.15) is 11.6 Å². The number of benzene rings is 2. The van der Waals surface area contributed by atoms with Crippen LogP contribution in [0.3, 0.4) is 0 Å². The van der Waals surface area contributed by atoms with Crippen molar-refractivity contribution >= 4 is 45.8 Å². The Labute approximate surface area is 206 Å². The van der Waals surface area contributed by atoms with Crippen LogP contribution in [0.4, 0.5) is 9.52 Å². The molecule has 1 aromatic heterocycles. The van der Waals surface area contributed by atoms with E-state index in [9.17, 15) is 9.18 Å². The van der Waals surface area contributed by atoms with Crippen molar-refractivity contribution < 1.29 is 13.9 Å². The highest BCUT2D eigenvalue weighted by Gasteiger charge is 2.15. The number of nitrogens with one attached hydrogen (secondary N) is 1. The second-order valence-electron chi connectivity index (χ2n) is 7.36. The van der Waals surface area contributed by atoms with E-state index in [1.807, 2.05) is 11.0 Å². The number of carbonyl (C=O) groups is 1. The summed E-state index contributed by atoms with van der Waals surface area (Å²) < 4.78 is 22.7. The fourth-order valence-electron chi connectivity index (χ4n) is 3.12. The summed E-state index contributed by atoms with van der Waals surface area (Å²) in [5.74, 6) is 0.331. The lowest BCUT2D eigenvalue weighted by Crippen LogP contribution is -2.33. The predicted molar refractivity (Wildman–Crippen MR) is 131 cm³/mol. The van der Waals surface area contributed by atoms with Crippen LogP contribution in [0.2, 0.25) is 10.0 Å². The van der Waals surface area contributed by atoms with Gasteiger partial charge >= 0.3 is 0 Å². The Morgan fingerprint density at radius 2 is 1.97 bits per heavy atom. The first kappa shape index (κ1) is 25.4. The SMILES string of the molecule is COCCN(CCC(=O)NCCc1ccc(Cl)cc1Cl)c1nc(Cc2ccc(F)cc2)ns1. The molecule has 0 atom stereocenters. The van der Waals surface area contributed by atoms with Crippen molar-refractivity contribution in [1.82, 2.24) is 14.7 Å². The summed E-state index contributed by atoms with van der Waals surface area (Å²) in [6.45, 7) is 2.07. The van der Waals surface area contributed by atoms with E-state index >= 15 is 0 Å². The minimum atomic E-state index is -0.272. The zero-order valence-electron chi connectivity index (χ0n) is 18.2. The van der Waals surface area contributed by atoms with Gasteiger partial charge in [-0.05, 0) is 41.8 Å². The van der Waals surface area contributed by atoms with E-state index in [1.54, 1.807) is 31.4 Å². The molecule has 0 unspecified atom stereocenters. The number of aromatic nitrogens is 2. The Balaban J connectivity index is 1.50. The summed E-state index contributed by atoms with van der Waals surface area (Å²) in [5, 5.41) is 4.83. The Bertz CT molecular complexity index is 1050. The topological polar surface area (TPSA) is 67.3 Å². The van der Waals surface area contributed by atoms with Crippen LogP contribution in [0.1, 0.15) is 23.4 Å². The third-order valence-corrected chi connectivity index (χ3v) is 6.31. The molecule has 176 valence electrons. The largest absolute Gasteiger partial charge is 0.383 e. The second-order valence-corrected chi connectivity index (χ2v) is 8.94. The Hall–Kier alpha value is -2.26. The normalized spacial score (nSPS) is 10.9. The van der Waals surface area contributed by atoms with Gasteiger partial charge in [0.2, 0.25) is 11.0 Å². The molecule has 0 aliphatic carbocycles. The van der Waals surface area contributed by atoms with Crippen LogP contribution in [0.15, 0.2) is 42.5 Å². The number of halogens is 3. The van der Waals surface area contributed by atoms with Gasteiger partial charge in [0.25, 0.3) is 0 Å². The number of anilines is 1. The smallest absolute Gasteiger partial charge is 0.221 e. The average molecular weight is 511 g/mol. The number of hydrogen-bond acceptors (Lipinski definition) is 6. The van der Waals surface area contributed by atoms with E-state index in [-0.39, 0.29) is 11.7 Å². The monoisotopic (exact) mass is 510 g/mol. The maximum absolute atomic E-state index is 13.1. The molecule has 3 aromatic rings. The van der Waals surface area contributed by atoms with E-state index < -0.39 is 0 Å². The van der Waals surface area contributed by atoms with Crippen molar-refractivity contribution in [2.75, 3.05) is 38.3 Å². The fraction of sp³-hybridized carbons (Fsp3) is 0.348. The molecule has 2 aromatic carbocycles. The molecule has 10 heteroatoms. The standard InChI is InChI=1S/C23H25Cl2FN4O2S/c1-32-13-12-30(23-28-21(29-33-23)14-16-2-6-19(26)7-3-16)11-9-22(31)27-10-8-17-4-5-18(24)15-20(17)25/h2-7,15H,8-14H2,1H3,(H,27,31). The Morgan fingerprint density at radius 1 is 1.18 bits per heavy atom. The number of ether oxygens (including phenoxy) is 1. The van der Waals surface area contributed by atoms with E-state index in [4.69, 9.17) is 27.9 Å². The molecular formula is C23H25Cl2FN4O2S. The molecule has 0 saturated carbocycles. The van der Waals surface area contributed by atoms with E-state index in [0.717, 1.165) is 16.3 Å². The number of carbonyl (C=O) groups excluding carboxylic acids is 1. The molecule has 0 saturated heterocycles. The molecule has 0 radical (unpaired) electrons. The van der Waals surface area contributed by atoms with Crippen molar-refractivity contribution in [3.05, 3.63) is 75.3 Å². The molecule has 0 bridgehead atoms. The van der Waals surface area contributed by atoms with Gasteiger partial charge in [-0.15, -0.1) is 0 Å². The van der Waals surface area contributed by atoms with Crippen LogP contribution >= 0.6 is 34.7 Å². The molecule has 0 fully saturated rings. The molecule has 6 nitrogen and oxygen atoms in total. The third-order valence-electron chi connectivity index (χ3n) is 4.91. The summed E-state index contributed by atoms with van der Waals surface area (Å²) in [6.07, 6.45) is 1.45. The van der Waals surface area contributed by atoms with Gasteiger partial charge < -0.3 is 15.0 Å². The van der Waals surface area contributed by atoms with E-state index in [1.165, 1.54) is 23.7 Å². The summed E-state index contributed by atoms with van der Waals surface area (Å²) in [5.41, 5.74) is 1.87. The molecule has 33 heavy (non-hydrogen) atoms. The minimum absolute atomic E-state index is 0.0569. The first-order valence-corrected chi connectivity index (χ1v) is 12.0. The fourth-order valence-corrected chi connectivity index (χ4v) is 4.36. The summed E-state index contributed by atoms with van der Waals surface area (Å²) in [6, 6.07) is 11.6. The van der Waals surface area contributed by atoms with Gasteiger partial charge in [-0.3, -0.25) is 4.79 Å². The lowest BCUT2D eigenvalue weighted by atomic mass is 10.1. The van der Waals surface area contributed by atoms with Crippen molar-refractivity contribution in [2.45, 2.75) is 19.3 Å². The van der Waals surface area contributed by atoms with Crippen molar-refractivity contribution in [1.29, 1.82) is 0 Å². The molecule has 0 spiro atoms. The van der Waals surface area contributed by atoms with Gasteiger partial charge in [0.15, 0.2) is 0 Å². The zero-order valence-corrected chi connectivity index (χ0v) is 20.5. The highest BCUT2D eigenvalue weighted by molar-refractivity contribution is 7.09. The minimum Gasteiger partial charge on any atom is -0.383 e. The van der Waals surface area contributed by atoms with Crippen LogP contribution in [0, 0.1) is 5.82 Å². The van der Waals surface area contributed by atoms with E-state index in [2.05, 4.69) is 14.7 Å². The summed E-state index contributed by atoms with van der Waals surface area (Å²) in [7, 11) is 1.63. The van der Waals surface area contributed by atoms with Gasteiger partial charge in [-0.1, -0.05) is 41.4 Å². The van der Waals surface area contributed by atoms with Gasteiger partial charge in [0.05, 0.1) is 6.61 Å². The number of hydrogen-bond donors (Lipinski definition) is 1. The van der Waals surface area contributed by atoms with Crippen molar-refractivity contribution in [2.24, 2.45) is 0 Å². The van der Waals surface area contributed by atoms with Crippen LogP contribution in [-0.4, -0.2) is 48.6 Å². The molecule has 0 aliphatic rings. The average Bonchev–Trinajstić information content (AvgIpc) is 3.25. The highest BCUT2D eigenvalue weighted by atomic mass is 35.5. The maximum Gasteiger partial charge on any atom is 0.221 e. The molecule has 1 N–H and O–H groups in total. The highest BCUT2D eigenvalue weighted by Crippen LogP contribution is 2.21. The molecule has 0 aliphatic heterocycles. The zero-order chi connectivity index (χ0) is 23.6. The van der Waals surface area contributed by atoms with Crippen molar-refractivity contribution in [3.63, 3.8) is 0 Å². The lowest BCUT2D eigenvalue weighted by molar-refractivity contribution is -0.120. The van der Waals surface area contributed by atoms with Gasteiger partial charge in [-0.25, -0.2) is 9.37 Å². The first-order valence-electron chi connectivity index (χ1n) is 10.5. The number of rotatable bonds is 12. The number of methoxy groups -OCH3 is 1. The van der Waals surface area contributed by atoms with Crippen LogP contribution < -0.4 is 10.2 Å². The van der Waals surface area contributed by atoms with Crippen LogP contribution in [0.5, 0.6) is 0 Å². The van der Waals surface area contributed by atoms with Gasteiger partial charge in [0, 0.05) is 61.2 Å². The summed E-state index contributed by atoms with van der Waals surface area (Å²) >= 11 is 13.4. The van der Waals surface area contributed by atoms with Crippen molar-refractivity contribution in [3.8, 4) is 0 Å². The molecular weight excluding hydrogens is 486 g/mol. The Morgan fingerprint density at radius 3 is 2.70 bits per heavy atom. The Kier molecular flexibility index (Phi) is 9.87.